The van der Waals surface area contributed by atoms with Crippen molar-refractivity contribution in [2.75, 3.05) is 32.8 Å². The zero-order valence-electron chi connectivity index (χ0n) is 12.0. The summed E-state index contributed by atoms with van der Waals surface area (Å²) in [5, 5.41) is 12.0. The van der Waals surface area contributed by atoms with Gasteiger partial charge in [0.25, 0.3) is 0 Å². The number of aliphatic carboxylic acids is 1. The molecule has 0 aromatic carbocycles. The van der Waals surface area contributed by atoms with Crippen molar-refractivity contribution in [3.05, 3.63) is 0 Å². The highest BCUT2D eigenvalue weighted by Crippen LogP contribution is 2.32. The number of hydrogen-bond acceptors (Lipinski definition) is 4. The zero-order chi connectivity index (χ0) is 14.5. The summed E-state index contributed by atoms with van der Waals surface area (Å²) >= 11 is 0. The molecule has 0 aromatic heterocycles. The van der Waals surface area contributed by atoms with Gasteiger partial charge in [-0.2, -0.15) is 0 Å². The number of carbonyl (C=O) groups excluding carboxylic acids is 1. The van der Waals surface area contributed by atoms with Crippen molar-refractivity contribution in [1.82, 2.24) is 10.2 Å². The van der Waals surface area contributed by atoms with Gasteiger partial charge in [0.1, 0.15) is 0 Å². The van der Waals surface area contributed by atoms with Crippen LogP contribution in [0.3, 0.4) is 0 Å². The van der Waals surface area contributed by atoms with Gasteiger partial charge >= 0.3 is 5.97 Å². The van der Waals surface area contributed by atoms with E-state index in [1.165, 1.54) is 0 Å². The molecule has 114 valence electrons. The number of nitrogens with zero attached hydrogens (tertiary/aromatic N) is 1. The van der Waals surface area contributed by atoms with Crippen LogP contribution in [-0.4, -0.2) is 60.8 Å². The number of ether oxygens (including phenoxy) is 1. The van der Waals surface area contributed by atoms with Crippen LogP contribution in [0.25, 0.3) is 0 Å². The Morgan fingerprint density at radius 3 is 2.80 bits per heavy atom. The number of carbonyl (C=O) groups is 2. The summed E-state index contributed by atoms with van der Waals surface area (Å²) < 4.78 is 5.62. The largest absolute Gasteiger partial charge is 0.481 e. The average Bonchev–Trinajstić information content (AvgIpc) is 2.94. The standard InChI is InChI=1S/C14H24N2O4/c1-2-16-6-7-20-10(9-16)8-15-13(17)11-4-3-5-12(11)14(18)19/h10-12H,2-9H2,1H3,(H,15,17)(H,18,19). The molecule has 2 aliphatic rings. The monoisotopic (exact) mass is 284 g/mol. The van der Waals surface area contributed by atoms with Crippen LogP contribution in [-0.2, 0) is 14.3 Å². The Kier molecular flexibility index (Phi) is 5.37. The molecule has 0 radical (unpaired) electrons. The van der Waals surface area contributed by atoms with Gasteiger partial charge in [-0.3, -0.25) is 14.5 Å². The summed E-state index contributed by atoms with van der Waals surface area (Å²) in [7, 11) is 0. The van der Waals surface area contributed by atoms with E-state index < -0.39 is 11.9 Å². The van der Waals surface area contributed by atoms with Crippen molar-refractivity contribution in [1.29, 1.82) is 0 Å². The van der Waals surface area contributed by atoms with E-state index >= 15 is 0 Å². The highest BCUT2D eigenvalue weighted by atomic mass is 16.5. The first kappa shape index (κ1) is 15.3. The molecule has 3 atom stereocenters. The lowest BCUT2D eigenvalue weighted by Crippen LogP contribution is -2.48. The third-order valence-electron chi connectivity index (χ3n) is 4.34. The summed E-state index contributed by atoms with van der Waals surface area (Å²) in [5.41, 5.74) is 0. The smallest absolute Gasteiger partial charge is 0.307 e. The van der Waals surface area contributed by atoms with Crippen molar-refractivity contribution in [2.24, 2.45) is 11.8 Å². The number of hydrogen-bond donors (Lipinski definition) is 2. The molecule has 0 bridgehead atoms. The van der Waals surface area contributed by atoms with Crippen LogP contribution < -0.4 is 5.32 Å². The van der Waals surface area contributed by atoms with Gasteiger partial charge in [0.2, 0.25) is 5.91 Å². The van der Waals surface area contributed by atoms with Gasteiger partial charge in [-0.05, 0) is 19.4 Å². The Balaban J connectivity index is 1.78. The molecule has 2 N–H and O–H groups in total. The number of amides is 1. The van der Waals surface area contributed by atoms with E-state index in [0.717, 1.165) is 26.1 Å². The molecule has 0 aromatic rings. The Hall–Kier alpha value is -1.14. The number of nitrogens with one attached hydrogen (secondary N) is 1. The summed E-state index contributed by atoms with van der Waals surface area (Å²) in [4.78, 5) is 25.5. The van der Waals surface area contributed by atoms with Crippen LogP contribution in [0.1, 0.15) is 26.2 Å². The SMILES string of the molecule is CCN1CCOC(CNC(=O)C2CCCC2C(=O)O)C1. The van der Waals surface area contributed by atoms with E-state index in [9.17, 15) is 9.59 Å². The van der Waals surface area contributed by atoms with Crippen LogP contribution in [0, 0.1) is 11.8 Å². The van der Waals surface area contributed by atoms with Gasteiger partial charge in [0, 0.05) is 19.6 Å². The van der Waals surface area contributed by atoms with Crippen LogP contribution in [0.4, 0.5) is 0 Å². The average molecular weight is 284 g/mol. The van der Waals surface area contributed by atoms with Crippen molar-refractivity contribution >= 4 is 11.9 Å². The number of rotatable bonds is 5. The first-order chi connectivity index (χ1) is 9.61. The molecule has 1 amide bonds. The predicted molar refractivity (Wildman–Crippen MR) is 73.3 cm³/mol. The Morgan fingerprint density at radius 2 is 2.10 bits per heavy atom. The normalized spacial score (nSPS) is 31.1. The second-order valence-corrected chi connectivity index (χ2v) is 5.61. The summed E-state index contributed by atoms with van der Waals surface area (Å²) in [6.07, 6.45) is 2.11. The molecule has 6 nitrogen and oxygen atoms in total. The molecule has 6 heteroatoms. The fourth-order valence-electron chi connectivity index (χ4n) is 3.11. The van der Waals surface area contributed by atoms with E-state index in [1.54, 1.807) is 0 Å². The molecule has 1 aliphatic carbocycles. The van der Waals surface area contributed by atoms with E-state index in [-0.39, 0.29) is 17.9 Å². The topological polar surface area (TPSA) is 78.9 Å². The maximum absolute atomic E-state index is 12.1. The van der Waals surface area contributed by atoms with Gasteiger partial charge in [0.15, 0.2) is 0 Å². The summed E-state index contributed by atoms with van der Waals surface area (Å²) in [6, 6.07) is 0. The molecular weight excluding hydrogens is 260 g/mol. The van der Waals surface area contributed by atoms with Crippen molar-refractivity contribution < 1.29 is 19.4 Å². The van der Waals surface area contributed by atoms with Gasteiger partial charge in [-0.1, -0.05) is 13.3 Å². The van der Waals surface area contributed by atoms with Crippen LogP contribution in [0.15, 0.2) is 0 Å². The maximum atomic E-state index is 12.1. The van der Waals surface area contributed by atoms with E-state index in [0.29, 0.717) is 26.0 Å². The Labute approximate surface area is 119 Å². The van der Waals surface area contributed by atoms with E-state index in [1.807, 2.05) is 0 Å². The van der Waals surface area contributed by atoms with E-state index in [2.05, 4.69) is 17.1 Å². The minimum atomic E-state index is -0.853. The maximum Gasteiger partial charge on any atom is 0.307 e. The quantitative estimate of drug-likeness (QED) is 0.760. The minimum Gasteiger partial charge on any atom is -0.481 e. The van der Waals surface area contributed by atoms with Crippen LogP contribution in [0.5, 0.6) is 0 Å². The summed E-state index contributed by atoms with van der Waals surface area (Å²) in [5.74, 6) is -1.88. The Morgan fingerprint density at radius 1 is 1.35 bits per heavy atom. The zero-order valence-corrected chi connectivity index (χ0v) is 12.0. The molecule has 1 saturated carbocycles. The number of morpholine rings is 1. The van der Waals surface area contributed by atoms with Gasteiger partial charge in [0.05, 0.1) is 24.5 Å². The highest BCUT2D eigenvalue weighted by molar-refractivity contribution is 5.85. The molecule has 1 heterocycles. The second-order valence-electron chi connectivity index (χ2n) is 5.61. The highest BCUT2D eigenvalue weighted by Gasteiger charge is 2.37. The van der Waals surface area contributed by atoms with Crippen LogP contribution in [0.2, 0.25) is 0 Å². The van der Waals surface area contributed by atoms with Crippen molar-refractivity contribution in [2.45, 2.75) is 32.3 Å². The predicted octanol–water partition coefficient (Wildman–Crippen LogP) is 0.324. The third-order valence-corrected chi connectivity index (χ3v) is 4.34. The van der Waals surface area contributed by atoms with Crippen LogP contribution >= 0.6 is 0 Å². The molecule has 0 spiro atoms. The molecule has 1 saturated heterocycles. The number of carboxylic acid groups (broad SMARTS) is 1. The third kappa shape index (κ3) is 3.70. The molecule has 2 fully saturated rings. The lowest BCUT2D eigenvalue weighted by Gasteiger charge is -2.32. The lowest BCUT2D eigenvalue weighted by molar-refractivity contribution is -0.146. The molecule has 2 rings (SSSR count). The second kappa shape index (κ2) is 7.04. The molecular formula is C14H24N2O4. The van der Waals surface area contributed by atoms with Crippen molar-refractivity contribution in [3.8, 4) is 0 Å². The fraction of sp³-hybridized carbons (Fsp3) is 0.857. The molecule has 3 unspecified atom stereocenters. The number of carboxylic acids is 1. The summed E-state index contributed by atoms with van der Waals surface area (Å²) in [6.45, 7) is 6.01. The molecule has 1 aliphatic heterocycles. The number of likely N-dealkylation sites (N-methyl/N-ethyl adjacent to an activating group) is 1. The van der Waals surface area contributed by atoms with Gasteiger partial charge in [-0.25, -0.2) is 0 Å². The Bertz CT molecular complexity index is 361. The minimum absolute atomic E-state index is 0.0114. The first-order valence-electron chi connectivity index (χ1n) is 7.46. The lowest BCUT2D eigenvalue weighted by atomic mass is 9.95. The van der Waals surface area contributed by atoms with Gasteiger partial charge < -0.3 is 15.2 Å². The first-order valence-corrected chi connectivity index (χ1v) is 7.46. The molecule has 20 heavy (non-hydrogen) atoms. The van der Waals surface area contributed by atoms with E-state index in [4.69, 9.17) is 9.84 Å². The van der Waals surface area contributed by atoms with Gasteiger partial charge in [-0.15, -0.1) is 0 Å². The van der Waals surface area contributed by atoms with Crippen molar-refractivity contribution in [3.63, 3.8) is 0 Å². The fourth-order valence-corrected chi connectivity index (χ4v) is 3.11.